The van der Waals surface area contributed by atoms with Crippen molar-refractivity contribution in [2.45, 2.75) is 58.2 Å². The van der Waals surface area contributed by atoms with Crippen LogP contribution in [0.1, 0.15) is 51.0 Å². The highest BCUT2D eigenvalue weighted by Crippen LogP contribution is 2.30. The molecule has 0 bridgehead atoms. The fourth-order valence-corrected chi connectivity index (χ4v) is 3.13. The number of alkyl halides is 3. The summed E-state index contributed by atoms with van der Waals surface area (Å²) in [5.41, 5.74) is 1.96. The maximum Gasteiger partial charge on any atom is 0.416 e. The molecule has 0 radical (unpaired) electrons. The first kappa shape index (κ1) is 22.7. The number of hydrogen-bond acceptors (Lipinski definition) is 4. The van der Waals surface area contributed by atoms with Crippen LogP contribution in [0.4, 0.5) is 24.5 Å². The molecule has 0 saturated carbocycles. The zero-order valence-electron chi connectivity index (χ0n) is 17.5. The number of aryl methyl sites for hydroxylation is 1. The summed E-state index contributed by atoms with van der Waals surface area (Å²) in [6, 6.07) is 11.9. The molecule has 8 heteroatoms. The van der Waals surface area contributed by atoms with Gasteiger partial charge in [-0.3, -0.25) is 4.68 Å². The monoisotopic (exact) mass is 429 g/mol. The molecule has 2 aromatic carbocycles. The molecule has 31 heavy (non-hydrogen) atoms. The first-order valence-corrected chi connectivity index (χ1v) is 10.6. The van der Waals surface area contributed by atoms with Crippen molar-refractivity contribution in [3.05, 3.63) is 60.3 Å². The van der Waals surface area contributed by atoms with E-state index in [1.54, 1.807) is 12.1 Å². The minimum atomic E-state index is -4.36. The molecule has 0 saturated heterocycles. The number of benzene rings is 2. The van der Waals surface area contributed by atoms with Crippen LogP contribution >= 0.6 is 0 Å². The van der Waals surface area contributed by atoms with Gasteiger partial charge in [0.15, 0.2) is 0 Å². The van der Waals surface area contributed by atoms with Crippen LogP contribution in [0.3, 0.4) is 0 Å². The van der Waals surface area contributed by atoms with Gasteiger partial charge < -0.3 is 0 Å². The lowest BCUT2D eigenvalue weighted by molar-refractivity contribution is -0.137. The van der Waals surface area contributed by atoms with Gasteiger partial charge in [0, 0.05) is 12.1 Å². The van der Waals surface area contributed by atoms with E-state index in [0.717, 1.165) is 36.4 Å². The fourth-order valence-electron chi connectivity index (χ4n) is 3.13. The second kappa shape index (κ2) is 10.8. The Morgan fingerprint density at radius 2 is 1.39 bits per heavy atom. The molecule has 0 fully saturated rings. The van der Waals surface area contributed by atoms with Gasteiger partial charge in [-0.25, -0.2) is 0 Å². The lowest BCUT2D eigenvalue weighted by atomic mass is 10.1. The van der Waals surface area contributed by atoms with Crippen LogP contribution in [-0.4, -0.2) is 15.0 Å². The molecule has 0 aliphatic heterocycles. The maximum absolute atomic E-state index is 12.6. The average molecular weight is 429 g/mol. The normalized spacial score (nSPS) is 12.0. The zero-order chi connectivity index (χ0) is 22.1. The van der Waals surface area contributed by atoms with Gasteiger partial charge in [0.1, 0.15) is 5.69 Å². The first-order valence-electron chi connectivity index (χ1n) is 10.6. The number of unbranched alkanes of at least 4 members (excludes halogenated alkanes) is 5. The van der Waals surface area contributed by atoms with Crippen LogP contribution in [0.2, 0.25) is 0 Å². The molecule has 0 N–H and O–H groups in total. The maximum atomic E-state index is 12.6. The predicted octanol–water partition coefficient (Wildman–Crippen LogP) is 7.74. The van der Waals surface area contributed by atoms with Gasteiger partial charge in [0.25, 0.3) is 0 Å². The number of rotatable bonds is 10. The van der Waals surface area contributed by atoms with Crippen LogP contribution in [0.15, 0.2) is 65.0 Å². The van der Waals surface area contributed by atoms with Crippen LogP contribution in [0.25, 0.3) is 11.3 Å². The molecule has 5 nitrogen and oxygen atoms in total. The van der Waals surface area contributed by atoms with E-state index in [0.29, 0.717) is 11.4 Å². The van der Waals surface area contributed by atoms with Gasteiger partial charge in [-0.05, 0) is 42.8 Å². The van der Waals surface area contributed by atoms with Crippen molar-refractivity contribution in [3.8, 4) is 11.3 Å². The van der Waals surface area contributed by atoms with Crippen molar-refractivity contribution < 1.29 is 13.2 Å². The molecule has 164 valence electrons. The number of nitrogens with zero attached hydrogens (tertiary/aromatic N) is 5. The van der Waals surface area contributed by atoms with Crippen molar-refractivity contribution in [2.75, 3.05) is 0 Å². The fraction of sp³-hybridized carbons (Fsp3) is 0.391. The highest BCUT2D eigenvalue weighted by molar-refractivity contribution is 5.60. The Morgan fingerprint density at radius 3 is 2.00 bits per heavy atom. The lowest BCUT2D eigenvalue weighted by Crippen LogP contribution is -2.03. The third-order valence-electron chi connectivity index (χ3n) is 4.92. The number of azo groups is 1. The quantitative estimate of drug-likeness (QED) is 0.244. The Bertz CT molecular complexity index is 960. The topological polar surface area (TPSA) is 55.4 Å². The Kier molecular flexibility index (Phi) is 7.92. The lowest BCUT2D eigenvalue weighted by Gasteiger charge is -2.05. The summed E-state index contributed by atoms with van der Waals surface area (Å²) in [7, 11) is 0. The second-order valence-corrected chi connectivity index (χ2v) is 7.43. The van der Waals surface area contributed by atoms with Gasteiger partial charge in [0.05, 0.1) is 23.1 Å². The highest BCUT2D eigenvalue weighted by Gasteiger charge is 2.29. The number of hydrogen-bond donors (Lipinski definition) is 0. The van der Waals surface area contributed by atoms with Crippen molar-refractivity contribution in [1.29, 1.82) is 0 Å². The standard InChI is InChI=1S/C23H26F3N5/c1-2-3-4-5-6-7-16-31-17-22(29-30-31)18-8-12-20(13-9-18)27-28-21-14-10-19(11-15-21)23(24,25)26/h8-15,17H,2-7,16H2,1H3. The average Bonchev–Trinajstić information content (AvgIpc) is 3.24. The second-order valence-electron chi connectivity index (χ2n) is 7.43. The SMILES string of the molecule is CCCCCCCCn1cc(-c2ccc(N=Nc3ccc(C(F)(F)F)cc3)cc2)nn1. The highest BCUT2D eigenvalue weighted by atomic mass is 19.4. The van der Waals surface area contributed by atoms with Gasteiger partial charge in [-0.15, -0.1) is 5.10 Å². The van der Waals surface area contributed by atoms with Gasteiger partial charge >= 0.3 is 6.18 Å². The Morgan fingerprint density at radius 1 is 0.806 bits per heavy atom. The molecular formula is C23H26F3N5. The van der Waals surface area contributed by atoms with Crippen LogP contribution < -0.4 is 0 Å². The van der Waals surface area contributed by atoms with E-state index in [-0.39, 0.29) is 0 Å². The Labute approximate surface area is 180 Å². The van der Waals surface area contributed by atoms with Gasteiger partial charge in [0.2, 0.25) is 0 Å². The Balaban J connectivity index is 1.53. The summed E-state index contributed by atoms with van der Waals surface area (Å²) in [5.74, 6) is 0. The molecule has 0 spiro atoms. The van der Waals surface area contributed by atoms with E-state index in [9.17, 15) is 13.2 Å². The summed E-state index contributed by atoms with van der Waals surface area (Å²) < 4.78 is 39.7. The van der Waals surface area contributed by atoms with E-state index >= 15 is 0 Å². The van der Waals surface area contributed by atoms with Crippen molar-refractivity contribution >= 4 is 11.4 Å². The smallest absolute Gasteiger partial charge is 0.252 e. The minimum Gasteiger partial charge on any atom is -0.252 e. The molecule has 0 aliphatic carbocycles. The molecule has 0 unspecified atom stereocenters. The summed E-state index contributed by atoms with van der Waals surface area (Å²) >= 11 is 0. The summed E-state index contributed by atoms with van der Waals surface area (Å²) in [4.78, 5) is 0. The molecule has 0 aliphatic rings. The summed E-state index contributed by atoms with van der Waals surface area (Å²) in [5, 5.41) is 16.5. The van der Waals surface area contributed by atoms with Crippen molar-refractivity contribution in [3.63, 3.8) is 0 Å². The van der Waals surface area contributed by atoms with E-state index in [1.807, 2.05) is 23.0 Å². The van der Waals surface area contributed by atoms with E-state index in [4.69, 9.17) is 0 Å². The molecule has 0 atom stereocenters. The van der Waals surface area contributed by atoms with Crippen LogP contribution in [0.5, 0.6) is 0 Å². The van der Waals surface area contributed by atoms with Crippen molar-refractivity contribution in [2.24, 2.45) is 10.2 Å². The van der Waals surface area contributed by atoms with Gasteiger partial charge in [-0.2, -0.15) is 23.4 Å². The largest absolute Gasteiger partial charge is 0.416 e. The number of aromatic nitrogens is 3. The van der Waals surface area contributed by atoms with E-state index in [1.165, 1.54) is 44.2 Å². The minimum absolute atomic E-state index is 0.356. The molecule has 3 aromatic rings. The number of halogens is 3. The molecular weight excluding hydrogens is 403 g/mol. The molecule has 1 aromatic heterocycles. The van der Waals surface area contributed by atoms with Crippen molar-refractivity contribution in [1.82, 2.24) is 15.0 Å². The molecule has 3 rings (SSSR count). The Hall–Kier alpha value is -3.03. The summed E-state index contributed by atoms with van der Waals surface area (Å²) in [6.45, 7) is 3.07. The van der Waals surface area contributed by atoms with Gasteiger partial charge in [-0.1, -0.05) is 56.4 Å². The zero-order valence-corrected chi connectivity index (χ0v) is 17.5. The predicted molar refractivity (Wildman–Crippen MR) is 114 cm³/mol. The van der Waals surface area contributed by atoms with E-state index in [2.05, 4.69) is 27.5 Å². The van der Waals surface area contributed by atoms with Crippen LogP contribution in [0, 0.1) is 0 Å². The molecule has 1 heterocycles. The molecule has 0 amide bonds. The van der Waals surface area contributed by atoms with Crippen LogP contribution in [-0.2, 0) is 12.7 Å². The summed E-state index contributed by atoms with van der Waals surface area (Å²) in [6.07, 6.45) is 4.98. The van der Waals surface area contributed by atoms with E-state index < -0.39 is 11.7 Å². The first-order chi connectivity index (χ1) is 15.0. The third-order valence-corrected chi connectivity index (χ3v) is 4.92. The third kappa shape index (κ3) is 7.01.